The molecule has 1 heterocycles. The van der Waals surface area contributed by atoms with Crippen LogP contribution in [0.15, 0.2) is 17.2 Å². The highest BCUT2D eigenvalue weighted by molar-refractivity contribution is 5.80. The van der Waals surface area contributed by atoms with Crippen LogP contribution in [-0.2, 0) is 4.79 Å². The molecule has 1 atom stereocenters. The zero-order chi connectivity index (χ0) is 10.1. The van der Waals surface area contributed by atoms with E-state index in [1.54, 1.807) is 13.1 Å². The molecule has 1 aliphatic rings. The summed E-state index contributed by atoms with van der Waals surface area (Å²) in [5, 5.41) is 2.86. The monoisotopic (exact) mass is 195 g/mol. The molecule has 2 N–H and O–H groups in total. The van der Waals surface area contributed by atoms with E-state index in [2.05, 4.69) is 10.3 Å². The van der Waals surface area contributed by atoms with Crippen molar-refractivity contribution in [3.8, 4) is 0 Å². The fourth-order valence-electron chi connectivity index (χ4n) is 1.31. The van der Waals surface area contributed by atoms with Gasteiger partial charge in [-0.3, -0.25) is 9.36 Å². The predicted octanol–water partition coefficient (Wildman–Crippen LogP) is 0.0160. The first-order valence-electron chi connectivity index (χ1n) is 4.74. The van der Waals surface area contributed by atoms with Crippen molar-refractivity contribution in [3.05, 3.63) is 22.9 Å². The highest BCUT2D eigenvalue weighted by Gasteiger charge is 2.26. The number of carbonyl (C=O) groups is 1. The highest BCUT2D eigenvalue weighted by atomic mass is 16.2. The standard InChI is InChI=1S/C9H13N3O2/c1-6(8(13)11-7-2-3-7)12-5-4-10-9(12)14/h4-7H,2-3H2,1H3,(H,10,14)(H,11,13). The molecule has 1 fully saturated rings. The minimum absolute atomic E-state index is 0.0887. The van der Waals surface area contributed by atoms with Gasteiger partial charge in [-0.2, -0.15) is 0 Å². The van der Waals surface area contributed by atoms with Crippen molar-refractivity contribution in [2.45, 2.75) is 31.8 Å². The maximum atomic E-state index is 11.6. The second-order valence-electron chi connectivity index (χ2n) is 3.63. The minimum Gasteiger partial charge on any atom is -0.352 e. The van der Waals surface area contributed by atoms with Gasteiger partial charge in [0.25, 0.3) is 0 Å². The van der Waals surface area contributed by atoms with Crippen LogP contribution in [0, 0.1) is 0 Å². The van der Waals surface area contributed by atoms with Crippen LogP contribution < -0.4 is 11.0 Å². The lowest BCUT2D eigenvalue weighted by Crippen LogP contribution is -2.35. The summed E-state index contributed by atoms with van der Waals surface area (Å²) in [6, 6.07) is -0.103. The normalized spacial score (nSPS) is 17.8. The van der Waals surface area contributed by atoms with Gasteiger partial charge >= 0.3 is 5.69 Å². The lowest BCUT2D eigenvalue weighted by molar-refractivity contribution is -0.124. The fourth-order valence-corrected chi connectivity index (χ4v) is 1.31. The summed E-state index contributed by atoms with van der Waals surface area (Å²) < 4.78 is 1.39. The summed E-state index contributed by atoms with van der Waals surface area (Å²) in [5.74, 6) is -0.0887. The Hall–Kier alpha value is -1.52. The first kappa shape index (κ1) is 9.05. The summed E-state index contributed by atoms with van der Waals surface area (Å²) in [4.78, 5) is 25.3. The third kappa shape index (κ3) is 1.71. The number of H-pyrrole nitrogens is 1. The van der Waals surface area contributed by atoms with Crippen LogP contribution in [-0.4, -0.2) is 21.5 Å². The Morgan fingerprint density at radius 1 is 1.71 bits per heavy atom. The average molecular weight is 195 g/mol. The number of amides is 1. The van der Waals surface area contributed by atoms with Crippen LogP contribution in [0.5, 0.6) is 0 Å². The molecule has 2 rings (SSSR count). The number of hydrogen-bond acceptors (Lipinski definition) is 2. The zero-order valence-corrected chi connectivity index (χ0v) is 7.99. The van der Waals surface area contributed by atoms with E-state index in [0.29, 0.717) is 6.04 Å². The Morgan fingerprint density at radius 3 is 2.93 bits per heavy atom. The summed E-state index contributed by atoms with van der Waals surface area (Å²) in [7, 11) is 0. The molecule has 5 heteroatoms. The lowest BCUT2D eigenvalue weighted by atomic mass is 10.3. The number of nitrogens with zero attached hydrogens (tertiary/aromatic N) is 1. The van der Waals surface area contributed by atoms with Crippen LogP contribution in [0.25, 0.3) is 0 Å². The minimum atomic E-state index is -0.436. The average Bonchev–Trinajstić information content (AvgIpc) is 2.86. The second kappa shape index (κ2) is 3.32. The van der Waals surface area contributed by atoms with E-state index < -0.39 is 6.04 Å². The number of carbonyl (C=O) groups excluding carboxylic acids is 1. The summed E-state index contributed by atoms with van der Waals surface area (Å²) in [6.07, 6.45) is 5.23. The third-order valence-electron chi connectivity index (χ3n) is 2.40. The van der Waals surface area contributed by atoms with Crippen molar-refractivity contribution in [2.75, 3.05) is 0 Å². The first-order valence-corrected chi connectivity index (χ1v) is 4.74. The van der Waals surface area contributed by atoms with Crippen LogP contribution in [0.2, 0.25) is 0 Å². The molecular weight excluding hydrogens is 182 g/mol. The van der Waals surface area contributed by atoms with Crippen molar-refractivity contribution >= 4 is 5.91 Å². The molecule has 76 valence electrons. The van der Waals surface area contributed by atoms with Crippen LogP contribution >= 0.6 is 0 Å². The van der Waals surface area contributed by atoms with Gasteiger partial charge in [-0.1, -0.05) is 0 Å². The maximum absolute atomic E-state index is 11.6. The molecule has 14 heavy (non-hydrogen) atoms. The maximum Gasteiger partial charge on any atom is 0.326 e. The smallest absolute Gasteiger partial charge is 0.326 e. The Morgan fingerprint density at radius 2 is 2.43 bits per heavy atom. The number of aromatic amines is 1. The van der Waals surface area contributed by atoms with E-state index in [4.69, 9.17) is 0 Å². The van der Waals surface area contributed by atoms with Gasteiger partial charge in [-0.25, -0.2) is 4.79 Å². The zero-order valence-electron chi connectivity index (χ0n) is 7.99. The van der Waals surface area contributed by atoms with E-state index in [-0.39, 0.29) is 11.6 Å². The Bertz CT molecular complexity index is 389. The second-order valence-corrected chi connectivity index (χ2v) is 3.63. The van der Waals surface area contributed by atoms with Gasteiger partial charge in [0, 0.05) is 18.4 Å². The third-order valence-corrected chi connectivity index (χ3v) is 2.40. The highest BCUT2D eigenvalue weighted by Crippen LogP contribution is 2.19. The van der Waals surface area contributed by atoms with Gasteiger partial charge in [0.15, 0.2) is 0 Å². The van der Waals surface area contributed by atoms with E-state index >= 15 is 0 Å². The molecule has 0 bridgehead atoms. The van der Waals surface area contributed by atoms with Crippen LogP contribution in [0.1, 0.15) is 25.8 Å². The van der Waals surface area contributed by atoms with E-state index in [1.807, 2.05) is 0 Å². The topological polar surface area (TPSA) is 66.9 Å². The Kier molecular flexibility index (Phi) is 2.15. The molecule has 0 saturated heterocycles. The van der Waals surface area contributed by atoms with E-state index in [9.17, 15) is 9.59 Å². The summed E-state index contributed by atoms with van der Waals surface area (Å²) in [5.41, 5.74) is -0.247. The Labute approximate surface area is 81.1 Å². The van der Waals surface area contributed by atoms with Gasteiger partial charge in [0.2, 0.25) is 5.91 Å². The number of rotatable bonds is 3. The molecule has 1 aliphatic carbocycles. The fraction of sp³-hybridized carbons (Fsp3) is 0.556. The van der Waals surface area contributed by atoms with Crippen molar-refractivity contribution < 1.29 is 4.79 Å². The van der Waals surface area contributed by atoms with Gasteiger partial charge < -0.3 is 10.3 Å². The van der Waals surface area contributed by atoms with E-state index in [0.717, 1.165) is 12.8 Å². The van der Waals surface area contributed by atoms with Gasteiger partial charge in [0.05, 0.1) is 0 Å². The van der Waals surface area contributed by atoms with Crippen LogP contribution in [0.3, 0.4) is 0 Å². The Balaban J connectivity index is 2.06. The molecule has 1 unspecified atom stereocenters. The van der Waals surface area contributed by atoms with Gasteiger partial charge in [-0.05, 0) is 19.8 Å². The quantitative estimate of drug-likeness (QED) is 0.713. The summed E-state index contributed by atoms with van der Waals surface area (Å²) >= 11 is 0. The summed E-state index contributed by atoms with van der Waals surface area (Å²) in [6.45, 7) is 1.72. The van der Waals surface area contributed by atoms with E-state index in [1.165, 1.54) is 10.8 Å². The number of imidazole rings is 1. The molecule has 0 radical (unpaired) electrons. The van der Waals surface area contributed by atoms with Crippen molar-refractivity contribution in [1.29, 1.82) is 0 Å². The molecule has 1 amide bonds. The molecule has 1 aromatic rings. The number of aromatic nitrogens is 2. The predicted molar refractivity (Wildman–Crippen MR) is 50.9 cm³/mol. The van der Waals surface area contributed by atoms with Gasteiger partial charge in [0.1, 0.15) is 6.04 Å². The molecule has 1 saturated carbocycles. The molecule has 0 spiro atoms. The molecule has 0 aromatic carbocycles. The first-order chi connectivity index (χ1) is 6.68. The van der Waals surface area contributed by atoms with Crippen molar-refractivity contribution in [3.63, 3.8) is 0 Å². The van der Waals surface area contributed by atoms with Crippen molar-refractivity contribution in [2.24, 2.45) is 0 Å². The molecular formula is C9H13N3O2. The lowest BCUT2D eigenvalue weighted by Gasteiger charge is -2.11. The number of hydrogen-bond donors (Lipinski definition) is 2. The SMILES string of the molecule is CC(C(=O)NC1CC1)n1cc[nH]c1=O. The molecule has 0 aliphatic heterocycles. The van der Waals surface area contributed by atoms with Crippen LogP contribution in [0.4, 0.5) is 0 Å². The van der Waals surface area contributed by atoms with Gasteiger partial charge in [-0.15, -0.1) is 0 Å². The molecule has 1 aromatic heterocycles. The number of nitrogens with one attached hydrogen (secondary N) is 2. The molecule has 5 nitrogen and oxygen atoms in total. The van der Waals surface area contributed by atoms with Crippen molar-refractivity contribution in [1.82, 2.24) is 14.9 Å². The largest absolute Gasteiger partial charge is 0.352 e.